The molecular formula is C12H12N2O4. The summed E-state index contributed by atoms with van der Waals surface area (Å²) in [5.41, 5.74) is 1.34. The first-order valence-corrected chi connectivity index (χ1v) is 5.28. The van der Waals surface area contributed by atoms with Crippen molar-refractivity contribution in [3.63, 3.8) is 0 Å². The van der Waals surface area contributed by atoms with Gasteiger partial charge in [0.2, 0.25) is 0 Å². The van der Waals surface area contributed by atoms with Crippen LogP contribution in [0.3, 0.4) is 0 Å². The van der Waals surface area contributed by atoms with Crippen molar-refractivity contribution in [1.82, 2.24) is 0 Å². The number of nitrogens with zero attached hydrogens (tertiary/aromatic N) is 1. The second-order valence-electron chi connectivity index (χ2n) is 3.63. The highest BCUT2D eigenvalue weighted by Gasteiger charge is 2.14. The van der Waals surface area contributed by atoms with Gasteiger partial charge in [0.15, 0.2) is 0 Å². The van der Waals surface area contributed by atoms with E-state index in [9.17, 15) is 10.1 Å². The van der Waals surface area contributed by atoms with Gasteiger partial charge in [0, 0.05) is 24.2 Å². The average molecular weight is 248 g/mol. The molecule has 0 aliphatic carbocycles. The number of nitro groups is 1. The average Bonchev–Trinajstić information content (AvgIpc) is 2.88. The number of anilines is 1. The molecule has 0 fully saturated rings. The lowest BCUT2D eigenvalue weighted by Gasteiger charge is -2.07. The number of hydrogen-bond donors (Lipinski definition) is 1. The van der Waals surface area contributed by atoms with E-state index in [1.807, 2.05) is 0 Å². The van der Waals surface area contributed by atoms with E-state index in [0.717, 1.165) is 5.56 Å². The van der Waals surface area contributed by atoms with Crippen molar-refractivity contribution < 1.29 is 14.1 Å². The first-order chi connectivity index (χ1) is 8.70. The van der Waals surface area contributed by atoms with Gasteiger partial charge in [0.05, 0.1) is 24.6 Å². The summed E-state index contributed by atoms with van der Waals surface area (Å²) < 4.78 is 9.97. The molecule has 6 heteroatoms. The van der Waals surface area contributed by atoms with Crippen LogP contribution in [0, 0.1) is 10.1 Å². The molecule has 2 aromatic rings. The lowest BCUT2D eigenvalue weighted by Crippen LogP contribution is -2.02. The molecule has 1 aromatic heterocycles. The fourth-order valence-corrected chi connectivity index (χ4v) is 1.53. The highest BCUT2D eigenvalue weighted by Crippen LogP contribution is 2.29. The van der Waals surface area contributed by atoms with Gasteiger partial charge in [-0.05, 0) is 12.1 Å². The third-order valence-corrected chi connectivity index (χ3v) is 2.46. The largest absolute Gasteiger partial charge is 0.497 e. The van der Waals surface area contributed by atoms with E-state index in [1.54, 1.807) is 30.7 Å². The Hall–Kier alpha value is -2.50. The van der Waals surface area contributed by atoms with Crippen molar-refractivity contribution in [1.29, 1.82) is 0 Å². The van der Waals surface area contributed by atoms with E-state index in [-0.39, 0.29) is 5.69 Å². The highest BCUT2D eigenvalue weighted by molar-refractivity contribution is 5.64. The smallest absolute Gasteiger partial charge is 0.292 e. The Balaban J connectivity index is 2.20. The summed E-state index contributed by atoms with van der Waals surface area (Å²) in [6.07, 6.45) is 3.13. The first kappa shape index (κ1) is 12.0. The standard InChI is InChI=1S/C12H12N2O4/c1-17-10-2-3-12(14(15)16)11(6-10)13-7-9-4-5-18-8-9/h2-6,8,13H,7H2,1H3. The van der Waals surface area contributed by atoms with E-state index >= 15 is 0 Å². The van der Waals surface area contributed by atoms with Crippen molar-refractivity contribution in [3.8, 4) is 5.75 Å². The zero-order valence-electron chi connectivity index (χ0n) is 9.75. The van der Waals surface area contributed by atoms with Gasteiger partial charge in [-0.3, -0.25) is 10.1 Å². The van der Waals surface area contributed by atoms with Crippen LogP contribution in [-0.2, 0) is 6.54 Å². The molecule has 0 radical (unpaired) electrons. The number of benzene rings is 1. The molecule has 2 rings (SSSR count). The van der Waals surface area contributed by atoms with Crippen LogP contribution in [0.25, 0.3) is 0 Å². The van der Waals surface area contributed by atoms with Crippen LogP contribution >= 0.6 is 0 Å². The lowest BCUT2D eigenvalue weighted by molar-refractivity contribution is -0.384. The third-order valence-electron chi connectivity index (χ3n) is 2.46. The van der Waals surface area contributed by atoms with Crippen LogP contribution in [-0.4, -0.2) is 12.0 Å². The van der Waals surface area contributed by atoms with E-state index in [1.165, 1.54) is 13.2 Å². The predicted molar refractivity (Wildman–Crippen MR) is 65.7 cm³/mol. The minimum atomic E-state index is -0.433. The van der Waals surface area contributed by atoms with Crippen LogP contribution < -0.4 is 10.1 Å². The molecule has 0 amide bonds. The Morgan fingerprint density at radius 3 is 2.89 bits per heavy atom. The fraction of sp³-hybridized carbons (Fsp3) is 0.167. The summed E-state index contributed by atoms with van der Waals surface area (Å²) >= 11 is 0. The van der Waals surface area contributed by atoms with Gasteiger partial charge in [-0.2, -0.15) is 0 Å². The number of methoxy groups -OCH3 is 1. The molecule has 0 saturated carbocycles. The Bertz CT molecular complexity index is 537. The first-order valence-electron chi connectivity index (χ1n) is 5.28. The van der Waals surface area contributed by atoms with Crippen LogP contribution in [0.2, 0.25) is 0 Å². The molecule has 0 aliphatic heterocycles. The maximum atomic E-state index is 10.9. The number of hydrogen-bond acceptors (Lipinski definition) is 5. The van der Waals surface area contributed by atoms with Crippen LogP contribution in [0.15, 0.2) is 41.2 Å². The SMILES string of the molecule is COc1ccc([N+](=O)[O-])c(NCc2ccoc2)c1. The number of nitrogens with one attached hydrogen (secondary N) is 1. The van der Waals surface area contributed by atoms with Crippen LogP contribution in [0.1, 0.15) is 5.56 Å². The van der Waals surface area contributed by atoms with Crippen molar-refractivity contribution in [2.75, 3.05) is 12.4 Å². The summed E-state index contributed by atoms with van der Waals surface area (Å²) in [7, 11) is 1.51. The molecule has 1 heterocycles. The molecule has 0 saturated heterocycles. The lowest BCUT2D eigenvalue weighted by atomic mass is 10.2. The van der Waals surface area contributed by atoms with Crippen molar-refractivity contribution in [2.45, 2.75) is 6.54 Å². The van der Waals surface area contributed by atoms with E-state index in [2.05, 4.69) is 5.32 Å². The topological polar surface area (TPSA) is 77.5 Å². The van der Waals surface area contributed by atoms with Crippen LogP contribution in [0.4, 0.5) is 11.4 Å². The Labute approximate surface area is 103 Å². The van der Waals surface area contributed by atoms with Gasteiger partial charge in [-0.15, -0.1) is 0 Å². The molecule has 6 nitrogen and oxygen atoms in total. The molecule has 0 aliphatic rings. The monoisotopic (exact) mass is 248 g/mol. The van der Waals surface area contributed by atoms with Gasteiger partial charge in [-0.25, -0.2) is 0 Å². The van der Waals surface area contributed by atoms with Gasteiger partial charge < -0.3 is 14.5 Å². The Morgan fingerprint density at radius 2 is 2.28 bits per heavy atom. The maximum Gasteiger partial charge on any atom is 0.292 e. The minimum Gasteiger partial charge on any atom is -0.497 e. The van der Waals surface area contributed by atoms with Crippen molar-refractivity contribution in [2.24, 2.45) is 0 Å². The molecule has 1 N–H and O–H groups in total. The fourth-order valence-electron chi connectivity index (χ4n) is 1.53. The maximum absolute atomic E-state index is 10.9. The van der Waals surface area contributed by atoms with E-state index in [4.69, 9.17) is 9.15 Å². The molecule has 94 valence electrons. The van der Waals surface area contributed by atoms with Gasteiger partial charge in [-0.1, -0.05) is 0 Å². The second kappa shape index (κ2) is 5.22. The molecule has 1 aromatic carbocycles. The summed E-state index contributed by atoms with van der Waals surface area (Å²) in [6.45, 7) is 0.449. The minimum absolute atomic E-state index is 0.0132. The molecule has 0 spiro atoms. The van der Waals surface area contributed by atoms with Crippen molar-refractivity contribution >= 4 is 11.4 Å². The van der Waals surface area contributed by atoms with Gasteiger partial charge in [0.1, 0.15) is 11.4 Å². The molecule has 0 bridgehead atoms. The second-order valence-corrected chi connectivity index (χ2v) is 3.63. The molecule has 0 atom stereocenters. The Morgan fingerprint density at radius 1 is 1.44 bits per heavy atom. The molecule has 0 unspecified atom stereocenters. The summed E-state index contributed by atoms with van der Waals surface area (Å²) in [5.74, 6) is 0.565. The van der Waals surface area contributed by atoms with Gasteiger partial charge >= 0.3 is 0 Å². The summed E-state index contributed by atoms with van der Waals surface area (Å²) in [6, 6.07) is 6.36. The van der Waals surface area contributed by atoms with Gasteiger partial charge in [0.25, 0.3) is 5.69 Å². The number of furan rings is 1. The van der Waals surface area contributed by atoms with E-state index in [0.29, 0.717) is 18.0 Å². The highest BCUT2D eigenvalue weighted by atomic mass is 16.6. The Kier molecular flexibility index (Phi) is 3.47. The zero-order valence-corrected chi connectivity index (χ0v) is 9.75. The molecular weight excluding hydrogens is 236 g/mol. The van der Waals surface area contributed by atoms with Crippen molar-refractivity contribution in [3.05, 3.63) is 52.5 Å². The zero-order chi connectivity index (χ0) is 13.0. The summed E-state index contributed by atoms with van der Waals surface area (Å²) in [5, 5.41) is 13.9. The summed E-state index contributed by atoms with van der Waals surface area (Å²) in [4.78, 5) is 10.5. The molecule has 18 heavy (non-hydrogen) atoms. The van der Waals surface area contributed by atoms with E-state index < -0.39 is 4.92 Å². The van der Waals surface area contributed by atoms with Crippen LogP contribution in [0.5, 0.6) is 5.75 Å². The number of rotatable bonds is 5. The number of ether oxygens (including phenoxy) is 1. The quantitative estimate of drug-likeness (QED) is 0.650. The third kappa shape index (κ3) is 2.60. The predicted octanol–water partition coefficient (Wildman–Crippen LogP) is 2.81. The normalized spacial score (nSPS) is 10.1. The number of nitro benzene ring substituents is 1.